The summed E-state index contributed by atoms with van der Waals surface area (Å²) in [6.45, 7) is 0.577. The van der Waals surface area contributed by atoms with Crippen LogP contribution < -0.4 is 11.1 Å². The Bertz CT molecular complexity index is 494. The van der Waals surface area contributed by atoms with Gasteiger partial charge in [-0.05, 0) is 6.07 Å². The Kier molecular flexibility index (Phi) is 2.91. The standard InChI is InChI=1S/C9H11ClN6/c1-16-6(2-3-15-16)4-12-9-7(11)8(10)13-5-14-9/h2-3,5H,4,11H2,1H3,(H,12,13,14). The van der Waals surface area contributed by atoms with Crippen molar-refractivity contribution in [3.63, 3.8) is 0 Å². The number of nitrogens with two attached hydrogens (primary N) is 1. The van der Waals surface area contributed by atoms with Gasteiger partial charge in [0, 0.05) is 13.2 Å². The lowest BCUT2D eigenvalue weighted by molar-refractivity contribution is 0.720. The van der Waals surface area contributed by atoms with Gasteiger partial charge in [-0.1, -0.05) is 11.6 Å². The van der Waals surface area contributed by atoms with Crippen LogP contribution in [0.5, 0.6) is 0 Å². The number of hydrogen-bond donors (Lipinski definition) is 2. The van der Waals surface area contributed by atoms with Gasteiger partial charge in [0.05, 0.1) is 12.2 Å². The van der Waals surface area contributed by atoms with E-state index in [1.165, 1.54) is 6.33 Å². The summed E-state index contributed by atoms with van der Waals surface area (Å²) < 4.78 is 1.77. The summed E-state index contributed by atoms with van der Waals surface area (Å²) in [6, 6.07) is 1.91. The van der Waals surface area contributed by atoms with Gasteiger partial charge in [0.25, 0.3) is 0 Å². The summed E-state index contributed by atoms with van der Waals surface area (Å²) in [5.41, 5.74) is 7.09. The third-order valence-electron chi connectivity index (χ3n) is 2.19. The molecule has 0 atom stereocenters. The van der Waals surface area contributed by atoms with Crippen LogP contribution >= 0.6 is 11.6 Å². The molecule has 2 aromatic rings. The molecule has 0 spiro atoms. The number of aryl methyl sites for hydroxylation is 1. The molecule has 16 heavy (non-hydrogen) atoms. The van der Waals surface area contributed by atoms with Crippen molar-refractivity contribution in [2.75, 3.05) is 11.1 Å². The van der Waals surface area contributed by atoms with Crippen LogP contribution in [0.1, 0.15) is 5.69 Å². The van der Waals surface area contributed by atoms with Gasteiger partial charge in [-0.25, -0.2) is 9.97 Å². The summed E-state index contributed by atoms with van der Waals surface area (Å²) in [6.07, 6.45) is 3.09. The van der Waals surface area contributed by atoms with Gasteiger partial charge in [-0.15, -0.1) is 0 Å². The van der Waals surface area contributed by atoms with Crippen LogP contribution in [0.15, 0.2) is 18.6 Å². The van der Waals surface area contributed by atoms with Gasteiger partial charge in [-0.3, -0.25) is 4.68 Å². The second kappa shape index (κ2) is 4.36. The fourth-order valence-corrected chi connectivity index (χ4v) is 1.40. The van der Waals surface area contributed by atoms with Gasteiger partial charge in [-0.2, -0.15) is 5.10 Å². The average molecular weight is 239 g/mol. The smallest absolute Gasteiger partial charge is 0.157 e. The number of hydrogen-bond acceptors (Lipinski definition) is 5. The van der Waals surface area contributed by atoms with Crippen LogP contribution in [0.2, 0.25) is 5.15 Å². The Balaban J connectivity index is 2.11. The van der Waals surface area contributed by atoms with Crippen molar-refractivity contribution in [3.05, 3.63) is 29.4 Å². The largest absolute Gasteiger partial charge is 0.393 e. The zero-order valence-electron chi connectivity index (χ0n) is 8.68. The minimum absolute atomic E-state index is 0.252. The van der Waals surface area contributed by atoms with E-state index in [2.05, 4.69) is 20.4 Å². The first kappa shape index (κ1) is 10.7. The normalized spacial score (nSPS) is 10.4. The molecule has 0 aliphatic carbocycles. The fourth-order valence-electron chi connectivity index (χ4n) is 1.26. The van der Waals surface area contributed by atoms with Crippen molar-refractivity contribution in [2.24, 2.45) is 7.05 Å². The first-order valence-corrected chi connectivity index (χ1v) is 5.03. The summed E-state index contributed by atoms with van der Waals surface area (Å²) in [7, 11) is 1.87. The first-order chi connectivity index (χ1) is 7.68. The second-order valence-electron chi connectivity index (χ2n) is 3.23. The van der Waals surface area contributed by atoms with Crippen LogP contribution in [0.25, 0.3) is 0 Å². The van der Waals surface area contributed by atoms with Crippen LogP contribution in [0, 0.1) is 0 Å². The lowest BCUT2D eigenvalue weighted by Crippen LogP contribution is -2.08. The zero-order valence-corrected chi connectivity index (χ0v) is 9.44. The third kappa shape index (κ3) is 2.06. The molecule has 0 aliphatic rings. The van der Waals surface area contributed by atoms with E-state index < -0.39 is 0 Å². The number of nitrogens with one attached hydrogen (secondary N) is 1. The van der Waals surface area contributed by atoms with Crippen molar-refractivity contribution < 1.29 is 0 Å². The van der Waals surface area contributed by atoms with Gasteiger partial charge in [0.15, 0.2) is 11.0 Å². The third-order valence-corrected chi connectivity index (χ3v) is 2.50. The Morgan fingerprint density at radius 2 is 2.31 bits per heavy atom. The molecule has 0 bridgehead atoms. The number of anilines is 2. The Hall–Kier alpha value is -1.82. The number of nitrogens with zero attached hydrogens (tertiary/aromatic N) is 4. The van der Waals surface area contributed by atoms with E-state index in [1.807, 2.05) is 13.1 Å². The van der Waals surface area contributed by atoms with Gasteiger partial charge in [0.1, 0.15) is 12.0 Å². The summed E-state index contributed by atoms with van der Waals surface area (Å²) in [4.78, 5) is 7.78. The molecule has 3 N–H and O–H groups in total. The van der Waals surface area contributed by atoms with Crippen molar-refractivity contribution in [3.8, 4) is 0 Å². The zero-order chi connectivity index (χ0) is 11.5. The Labute approximate surface area is 97.5 Å². The highest BCUT2D eigenvalue weighted by atomic mass is 35.5. The maximum atomic E-state index is 5.77. The summed E-state index contributed by atoms with van der Waals surface area (Å²) >= 11 is 5.77. The molecule has 84 valence electrons. The molecule has 0 saturated carbocycles. The van der Waals surface area contributed by atoms with E-state index >= 15 is 0 Å². The van der Waals surface area contributed by atoms with Crippen molar-refractivity contribution in [1.82, 2.24) is 19.7 Å². The molecule has 2 aromatic heterocycles. The summed E-state index contributed by atoms with van der Waals surface area (Å²) in [5, 5.41) is 7.38. The maximum Gasteiger partial charge on any atom is 0.157 e. The second-order valence-corrected chi connectivity index (χ2v) is 3.58. The Morgan fingerprint density at radius 3 is 3.00 bits per heavy atom. The van der Waals surface area contributed by atoms with E-state index in [9.17, 15) is 0 Å². The molecule has 0 radical (unpaired) electrons. The highest BCUT2D eigenvalue weighted by Crippen LogP contribution is 2.22. The van der Waals surface area contributed by atoms with Gasteiger partial charge >= 0.3 is 0 Å². The quantitative estimate of drug-likeness (QED) is 0.782. The van der Waals surface area contributed by atoms with Crippen molar-refractivity contribution in [1.29, 1.82) is 0 Å². The fraction of sp³-hybridized carbons (Fsp3) is 0.222. The lowest BCUT2D eigenvalue weighted by Gasteiger charge is -2.08. The molecule has 0 aliphatic heterocycles. The highest BCUT2D eigenvalue weighted by molar-refractivity contribution is 6.32. The van der Waals surface area contributed by atoms with Crippen LogP contribution in [-0.4, -0.2) is 19.7 Å². The first-order valence-electron chi connectivity index (χ1n) is 4.65. The molecule has 0 saturated heterocycles. The molecule has 2 heterocycles. The minimum Gasteiger partial charge on any atom is -0.393 e. The van der Waals surface area contributed by atoms with Crippen LogP contribution in [-0.2, 0) is 13.6 Å². The van der Waals surface area contributed by atoms with E-state index in [1.54, 1.807) is 10.9 Å². The molecule has 0 amide bonds. The monoisotopic (exact) mass is 238 g/mol. The van der Waals surface area contributed by atoms with E-state index in [0.29, 0.717) is 18.1 Å². The van der Waals surface area contributed by atoms with E-state index in [4.69, 9.17) is 17.3 Å². The molecule has 0 unspecified atom stereocenters. The van der Waals surface area contributed by atoms with Crippen molar-refractivity contribution >= 4 is 23.1 Å². The average Bonchev–Trinajstić information content (AvgIpc) is 2.67. The molecule has 6 nitrogen and oxygen atoms in total. The topological polar surface area (TPSA) is 81.7 Å². The predicted molar refractivity (Wildman–Crippen MR) is 62.0 cm³/mol. The van der Waals surface area contributed by atoms with Crippen LogP contribution in [0.3, 0.4) is 0 Å². The minimum atomic E-state index is 0.252. The molecular formula is C9H11ClN6. The van der Waals surface area contributed by atoms with Crippen LogP contribution in [0.4, 0.5) is 11.5 Å². The van der Waals surface area contributed by atoms with E-state index in [-0.39, 0.29) is 5.15 Å². The number of rotatable bonds is 3. The molecular weight excluding hydrogens is 228 g/mol. The van der Waals surface area contributed by atoms with Crippen molar-refractivity contribution in [2.45, 2.75) is 6.54 Å². The maximum absolute atomic E-state index is 5.77. The van der Waals surface area contributed by atoms with E-state index in [0.717, 1.165) is 5.69 Å². The van der Waals surface area contributed by atoms with Gasteiger partial charge in [0.2, 0.25) is 0 Å². The molecule has 0 aromatic carbocycles. The predicted octanol–water partition coefficient (Wildman–Crippen LogP) is 1.06. The number of aromatic nitrogens is 4. The lowest BCUT2D eigenvalue weighted by atomic mass is 10.4. The SMILES string of the molecule is Cn1nccc1CNc1ncnc(Cl)c1N. The number of halogens is 1. The summed E-state index contributed by atoms with van der Waals surface area (Å²) in [5.74, 6) is 0.529. The molecule has 0 fully saturated rings. The molecule has 7 heteroatoms. The number of nitrogen functional groups attached to an aromatic ring is 1. The Morgan fingerprint density at radius 1 is 1.50 bits per heavy atom. The molecule has 2 rings (SSSR count). The van der Waals surface area contributed by atoms with Gasteiger partial charge < -0.3 is 11.1 Å². The highest BCUT2D eigenvalue weighted by Gasteiger charge is 2.06.